The Kier molecular flexibility index (Phi) is 4.92. The Morgan fingerprint density at radius 2 is 1.80 bits per heavy atom. The highest BCUT2D eigenvalue weighted by Crippen LogP contribution is 2.24. The number of thiophene rings is 1. The number of aromatic nitrogens is 1. The molecule has 128 valence electrons. The van der Waals surface area contributed by atoms with Gasteiger partial charge in [-0.2, -0.15) is 0 Å². The average Bonchev–Trinajstić information content (AvgIpc) is 3.34. The van der Waals surface area contributed by atoms with Gasteiger partial charge >= 0.3 is 0 Å². The van der Waals surface area contributed by atoms with Gasteiger partial charge in [-0.1, -0.05) is 36.4 Å². The maximum absolute atomic E-state index is 12.7. The lowest BCUT2D eigenvalue weighted by molar-refractivity contribution is 0.0625. The fraction of sp³-hybridized carbons (Fsp3) is 0.263. The highest BCUT2D eigenvalue weighted by atomic mass is 32.1. The molecule has 0 N–H and O–H groups in total. The fourth-order valence-electron chi connectivity index (χ4n) is 2.98. The van der Waals surface area contributed by atoms with Gasteiger partial charge in [0.05, 0.1) is 0 Å². The van der Waals surface area contributed by atoms with Crippen LogP contribution in [0.5, 0.6) is 0 Å². The van der Waals surface area contributed by atoms with E-state index in [1.54, 1.807) is 11.3 Å². The Bertz CT molecular complexity index is 821. The minimum Gasteiger partial charge on any atom is -0.335 e. The number of nitrogens with zero attached hydrogens (tertiary/aromatic N) is 3. The first-order valence-electron chi connectivity index (χ1n) is 8.34. The molecule has 1 amide bonds. The summed E-state index contributed by atoms with van der Waals surface area (Å²) in [5, 5.41) is 4.89. The largest absolute Gasteiger partial charge is 0.335 e. The second-order valence-corrected chi connectivity index (χ2v) is 7.94. The molecule has 3 aromatic rings. The SMILES string of the molecule is O=C(c1csc(-c2ccccc2)n1)N1CCN(Cc2cccs2)CC1. The number of hydrogen-bond acceptors (Lipinski definition) is 5. The van der Waals surface area contributed by atoms with E-state index < -0.39 is 0 Å². The summed E-state index contributed by atoms with van der Waals surface area (Å²) in [5.74, 6) is 0.0502. The molecule has 1 fully saturated rings. The van der Waals surface area contributed by atoms with Crippen molar-refractivity contribution in [2.24, 2.45) is 0 Å². The number of carbonyl (C=O) groups is 1. The van der Waals surface area contributed by atoms with E-state index in [2.05, 4.69) is 27.4 Å². The molecule has 1 saturated heterocycles. The van der Waals surface area contributed by atoms with E-state index in [1.165, 1.54) is 16.2 Å². The molecule has 0 bridgehead atoms. The van der Waals surface area contributed by atoms with Crippen LogP contribution in [-0.4, -0.2) is 46.9 Å². The predicted octanol–water partition coefficient (Wildman–Crippen LogP) is 3.83. The summed E-state index contributed by atoms with van der Waals surface area (Å²) in [5.41, 5.74) is 1.63. The minimum absolute atomic E-state index is 0.0502. The van der Waals surface area contributed by atoms with Crippen molar-refractivity contribution in [3.8, 4) is 10.6 Å². The Balaban J connectivity index is 1.37. The average molecular weight is 370 g/mol. The number of hydrogen-bond donors (Lipinski definition) is 0. The Morgan fingerprint density at radius 1 is 1.00 bits per heavy atom. The van der Waals surface area contributed by atoms with Gasteiger partial charge in [-0.15, -0.1) is 22.7 Å². The first-order valence-corrected chi connectivity index (χ1v) is 10.1. The normalized spacial score (nSPS) is 15.4. The molecule has 0 radical (unpaired) electrons. The quantitative estimate of drug-likeness (QED) is 0.701. The van der Waals surface area contributed by atoms with Crippen LogP contribution >= 0.6 is 22.7 Å². The zero-order valence-corrected chi connectivity index (χ0v) is 15.4. The lowest BCUT2D eigenvalue weighted by Crippen LogP contribution is -2.48. The smallest absolute Gasteiger partial charge is 0.273 e. The molecule has 6 heteroatoms. The van der Waals surface area contributed by atoms with Gasteiger partial charge in [-0.05, 0) is 11.4 Å². The number of benzene rings is 1. The summed E-state index contributed by atoms with van der Waals surface area (Å²) in [6, 6.07) is 14.3. The van der Waals surface area contributed by atoms with E-state index in [0.29, 0.717) is 5.69 Å². The molecule has 0 aliphatic carbocycles. The van der Waals surface area contributed by atoms with Crippen LogP contribution in [0.1, 0.15) is 15.4 Å². The first kappa shape index (κ1) is 16.4. The molecular weight excluding hydrogens is 350 g/mol. The van der Waals surface area contributed by atoms with E-state index in [1.807, 2.05) is 40.6 Å². The molecule has 3 heterocycles. The predicted molar refractivity (Wildman–Crippen MR) is 103 cm³/mol. The van der Waals surface area contributed by atoms with E-state index >= 15 is 0 Å². The van der Waals surface area contributed by atoms with E-state index in [4.69, 9.17) is 0 Å². The molecule has 25 heavy (non-hydrogen) atoms. The third-order valence-corrected chi connectivity index (χ3v) is 6.12. The molecule has 1 aromatic carbocycles. The maximum Gasteiger partial charge on any atom is 0.273 e. The molecule has 0 spiro atoms. The summed E-state index contributed by atoms with van der Waals surface area (Å²) < 4.78 is 0. The summed E-state index contributed by atoms with van der Waals surface area (Å²) in [6.07, 6.45) is 0. The molecule has 0 unspecified atom stereocenters. The van der Waals surface area contributed by atoms with Crippen molar-refractivity contribution in [3.05, 3.63) is 63.8 Å². The molecule has 1 aliphatic rings. The lowest BCUT2D eigenvalue weighted by Gasteiger charge is -2.34. The Hall–Kier alpha value is -2.02. The third kappa shape index (κ3) is 3.81. The van der Waals surface area contributed by atoms with Crippen LogP contribution in [-0.2, 0) is 6.54 Å². The Labute approximate surface area is 155 Å². The second-order valence-electron chi connectivity index (χ2n) is 6.05. The molecule has 4 rings (SSSR count). The van der Waals surface area contributed by atoms with Crippen LogP contribution in [0.2, 0.25) is 0 Å². The summed E-state index contributed by atoms with van der Waals surface area (Å²) in [6.45, 7) is 4.35. The van der Waals surface area contributed by atoms with Crippen LogP contribution in [0.15, 0.2) is 53.2 Å². The highest BCUT2D eigenvalue weighted by molar-refractivity contribution is 7.13. The van der Waals surface area contributed by atoms with Crippen LogP contribution in [0.3, 0.4) is 0 Å². The maximum atomic E-state index is 12.7. The standard InChI is InChI=1S/C19H19N3OS2/c23-19(17-14-25-18(20-17)15-5-2-1-3-6-15)22-10-8-21(9-11-22)13-16-7-4-12-24-16/h1-7,12,14H,8-11,13H2. The topological polar surface area (TPSA) is 36.4 Å². The molecule has 4 nitrogen and oxygen atoms in total. The summed E-state index contributed by atoms with van der Waals surface area (Å²) in [4.78, 5) is 23.0. The van der Waals surface area contributed by atoms with Gasteiger partial charge in [0, 0.05) is 48.5 Å². The van der Waals surface area contributed by atoms with Crippen molar-refractivity contribution < 1.29 is 4.79 Å². The fourth-order valence-corrected chi connectivity index (χ4v) is 4.53. The monoisotopic (exact) mass is 369 g/mol. The van der Waals surface area contributed by atoms with Crippen molar-refractivity contribution in [3.63, 3.8) is 0 Å². The molecule has 0 saturated carbocycles. The van der Waals surface area contributed by atoms with Gasteiger partial charge in [0.1, 0.15) is 10.7 Å². The number of rotatable bonds is 4. The number of thiazole rings is 1. The van der Waals surface area contributed by atoms with E-state index in [0.717, 1.165) is 43.3 Å². The van der Waals surface area contributed by atoms with Crippen molar-refractivity contribution in [2.45, 2.75) is 6.54 Å². The van der Waals surface area contributed by atoms with Crippen molar-refractivity contribution >= 4 is 28.6 Å². The van der Waals surface area contributed by atoms with E-state index in [-0.39, 0.29) is 5.91 Å². The third-order valence-electron chi connectivity index (χ3n) is 4.36. The first-order chi connectivity index (χ1) is 12.3. The highest BCUT2D eigenvalue weighted by Gasteiger charge is 2.24. The van der Waals surface area contributed by atoms with E-state index in [9.17, 15) is 4.79 Å². The number of amides is 1. The number of carbonyl (C=O) groups excluding carboxylic acids is 1. The van der Waals surface area contributed by atoms with Gasteiger partial charge in [0.25, 0.3) is 5.91 Å². The zero-order valence-electron chi connectivity index (χ0n) is 13.8. The molecular formula is C19H19N3OS2. The number of piperazine rings is 1. The molecule has 2 aromatic heterocycles. The van der Waals surface area contributed by atoms with Crippen molar-refractivity contribution in [2.75, 3.05) is 26.2 Å². The molecule has 1 aliphatic heterocycles. The van der Waals surface area contributed by atoms with Crippen LogP contribution in [0.4, 0.5) is 0 Å². The van der Waals surface area contributed by atoms with Crippen molar-refractivity contribution in [1.82, 2.24) is 14.8 Å². The molecule has 0 atom stereocenters. The van der Waals surface area contributed by atoms with Crippen LogP contribution < -0.4 is 0 Å². The van der Waals surface area contributed by atoms with Gasteiger partial charge in [0.2, 0.25) is 0 Å². The van der Waals surface area contributed by atoms with Crippen LogP contribution in [0.25, 0.3) is 10.6 Å². The van der Waals surface area contributed by atoms with Gasteiger partial charge in [-0.3, -0.25) is 9.69 Å². The summed E-state index contributed by atoms with van der Waals surface area (Å²) >= 11 is 3.32. The minimum atomic E-state index is 0.0502. The second kappa shape index (κ2) is 7.47. The van der Waals surface area contributed by atoms with Crippen LogP contribution in [0, 0.1) is 0 Å². The van der Waals surface area contributed by atoms with Gasteiger partial charge < -0.3 is 4.90 Å². The lowest BCUT2D eigenvalue weighted by atomic mass is 10.2. The Morgan fingerprint density at radius 3 is 2.52 bits per heavy atom. The van der Waals surface area contributed by atoms with Crippen molar-refractivity contribution in [1.29, 1.82) is 0 Å². The zero-order chi connectivity index (χ0) is 17.1. The van der Waals surface area contributed by atoms with Gasteiger partial charge in [0.15, 0.2) is 0 Å². The summed E-state index contributed by atoms with van der Waals surface area (Å²) in [7, 11) is 0. The van der Waals surface area contributed by atoms with Gasteiger partial charge in [-0.25, -0.2) is 4.98 Å².